The van der Waals surface area contributed by atoms with E-state index in [0.29, 0.717) is 12.8 Å². The van der Waals surface area contributed by atoms with Gasteiger partial charge in [-0.1, -0.05) is 99.6 Å². The van der Waals surface area contributed by atoms with Crippen LogP contribution in [0.25, 0.3) is 0 Å². The van der Waals surface area contributed by atoms with Crippen molar-refractivity contribution in [3.63, 3.8) is 0 Å². The Labute approximate surface area is 181 Å². The highest BCUT2D eigenvalue weighted by atomic mass is 33.1. The van der Waals surface area contributed by atoms with E-state index in [1.54, 1.807) is 21.6 Å². The van der Waals surface area contributed by atoms with Crippen LogP contribution in [-0.4, -0.2) is 36.4 Å². The molecule has 0 atom stereocenters. The Morgan fingerprint density at radius 3 is 1.32 bits per heavy atom. The second-order valence-corrected chi connectivity index (χ2v) is 10.1. The van der Waals surface area contributed by atoms with Gasteiger partial charge in [0, 0.05) is 37.4 Å². The van der Waals surface area contributed by atoms with Gasteiger partial charge in [0.25, 0.3) is 0 Å². The number of hydrogen-bond acceptors (Lipinski definition) is 4. The van der Waals surface area contributed by atoms with Crippen molar-refractivity contribution in [3.05, 3.63) is 0 Å². The van der Waals surface area contributed by atoms with Crippen molar-refractivity contribution in [1.29, 1.82) is 0 Å². The normalized spacial score (nSPS) is 10.8. The van der Waals surface area contributed by atoms with E-state index in [2.05, 4.69) is 24.5 Å². The molecule has 28 heavy (non-hydrogen) atoms. The summed E-state index contributed by atoms with van der Waals surface area (Å²) in [7, 11) is 3.38. The van der Waals surface area contributed by atoms with Gasteiger partial charge in [-0.2, -0.15) is 0 Å². The van der Waals surface area contributed by atoms with E-state index >= 15 is 0 Å². The fourth-order valence-electron chi connectivity index (χ4n) is 2.83. The van der Waals surface area contributed by atoms with Gasteiger partial charge in [-0.3, -0.25) is 9.59 Å². The fraction of sp³-hybridized carbons (Fsp3) is 0.909. The van der Waals surface area contributed by atoms with Gasteiger partial charge >= 0.3 is 0 Å². The fourth-order valence-corrected chi connectivity index (χ4v) is 4.81. The highest BCUT2D eigenvalue weighted by molar-refractivity contribution is 8.76. The van der Waals surface area contributed by atoms with E-state index in [0.717, 1.165) is 37.4 Å². The molecule has 0 fully saturated rings. The van der Waals surface area contributed by atoms with Crippen molar-refractivity contribution in [2.24, 2.45) is 0 Å². The lowest BCUT2D eigenvalue weighted by molar-refractivity contribution is -0.121. The average Bonchev–Trinajstić information content (AvgIpc) is 2.69. The third kappa shape index (κ3) is 21.9. The third-order valence-electron chi connectivity index (χ3n) is 4.61. The van der Waals surface area contributed by atoms with Gasteiger partial charge in [0.05, 0.1) is 0 Å². The van der Waals surface area contributed by atoms with Crippen LogP contribution in [0.1, 0.15) is 104 Å². The second-order valence-electron chi connectivity index (χ2n) is 7.38. The first kappa shape index (κ1) is 27.6. The van der Waals surface area contributed by atoms with Crippen LogP contribution in [0.3, 0.4) is 0 Å². The van der Waals surface area contributed by atoms with E-state index in [1.807, 2.05) is 0 Å². The van der Waals surface area contributed by atoms with Crippen LogP contribution < -0.4 is 10.6 Å². The molecule has 0 heterocycles. The molecule has 2 N–H and O–H groups in total. The molecule has 0 saturated heterocycles. The summed E-state index contributed by atoms with van der Waals surface area (Å²) in [6, 6.07) is 0. The van der Waals surface area contributed by atoms with E-state index < -0.39 is 0 Å². The summed E-state index contributed by atoms with van der Waals surface area (Å²) in [5.41, 5.74) is 0. The van der Waals surface area contributed by atoms with Crippen molar-refractivity contribution in [2.75, 3.05) is 24.6 Å². The number of carbonyl (C=O) groups excluding carboxylic acids is 2. The monoisotopic (exact) mass is 432 g/mol. The van der Waals surface area contributed by atoms with Gasteiger partial charge in [-0.15, -0.1) is 0 Å². The van der Waals surface area contributed by atoms with Crippen LogP contribution in [0.2, 0.25) is 0 Å². The van der Waals surface area contributed by atoms with Crippen molar-refractivity contribution in [3.8, 4) is 0 Å². The van der Waals surface area contributed by atoms with Gasteiger partial charge in [0.2, 0.25) is 11.8 Å². The molecule has 2 amide bonds. The lowest BCUT2D eigenvalue weighted by Crippen LogP contribution is -2.24. The maximum atomic E-state index is 11.8. The molecule has 0 rings (SSSR count). The molecule has 0 aliphatic carbocycles. The van der Waals surface area contributed by atoms with Crippen molar-refractivity contribution in [1.82, 2.24) is 10.6 Å². The Bertz CT molecular complexity index is 334. The highest BCUT2D eigenvalue weighted by Crippen LogP contribution is 2.22. The molecule has 166 valence electrons. The van der Waals surface area contributed by atoms with E-state index in [4.69, 9.17) is 0 Å². The number of carbonyl (C=O) groups is 2. The SMILES string of the molecule is CCCCCCCCNC(=O)CCSSCCC(=O)NCCCCCCCC. The Morgan fingerprint density at radius 2 is 0.929 bits per heavy atom. The number of rotatable bonds is 21. The quantitative estimate of drug-likeness (QED) is 0.170. The lowest BCUT2D eigenvalue weighted by Gasteiger charge is -2.06. The predicted molar refractivity (Wildman–Crippen MR) is 127 cm³/mol. The summed E-state index contributed by atoms with van der Waals surface area (Å²) >= 11 is 0. The number of amides is 2. The van der Waals surface area contributed by atoms with Gasteiger partial charge in [0.1, 0.15) is 0 Å². The first-order valence-corrected chi connectivity index (χ1v) is 14.0. The zero-order valence-electron chi connectivity index (χ0n) is 18.4. The van der Waals surface area contributed by atoms with Crippen LogP contribution >= 0.6 is 21.6 Å². The zero-order chi connectivity index (χ0) is 20.7. The Kier molecular flexibility index (Phi) is 22.6. The van der Waals surface area contributed by atoms with Gasteiger partial charge in [0.15, 0.2) is 0 Å². The molecule has 0 aromatic rings. The van der Waals surface area contributed by atoms with Crippen LogP contribution in [0, 0.1) is 0 Å². The van der Waals surface area contributed by atoms with Crippen LogP contribution in [-0.2, 0) is 9.59 Å². The molecule has 0 bridgehead atoms. The molecule has 0 radical (unpaired) electrons. The summed E-state index contributed by atoms with van der Waals surface area (Å²) in [4.78, 5) is 23.5. The highest BCUT2D eigenvalue weighted by Gasteiger charge is 2.03. The summed E-state index contributed by atoms with van der Waals surface area (Å²) < 4.78 is 0. The number of unbranched alkanes of at least 4 members (excludes halogenated alkanes) is 10. The van der Waals surface area contributed by atoms with Gasteiger partial charge < -0.3 is 10.6 Å². The minimum absolute atomic E-state index is 0.151. The maximum Gasteiger partial charge on any atom is 0.220 e. The topological polar surface area (TPSA) is 58.2 Å². The van der Waals surface area contributed by atoms with Crippen LogP contribution in [0.15, 0.2) is 0 Å². The van der Waals surface area contributed by atoms with Crippen molar-refractivity contribution >= 4 is 33.4 Å². The molecular formula is C22H44N2O2S2. The zero-order valence-corrected chi connectivity index (χ0v) is 20.0. The molecule has 6 heteroatoms. The maximum absolute atomic E-state index is 11.8. The average molecular weight is 433 g/mol. The predicted octanol–water partition coefficient (Wildman–Crippen LogP) is 6.10. The number of hydrogen-bond donors (Lipinski definition) is 2. The van der Waals surface area contributed by atoms with Gasteiger partial charge in [-0.25, -0.2) is 0 Å². The molecule has 4 nitrogen and oxygen atoms in total. The van der Waals surface area contributed by atoms with Gasteiger partial charge in [-0.05, 0) is 12.8 Å². The van der Waals surface area contributed by atoms with E-state index in [1.165, 1.54) is 64.2 Å². The smallest absolute Gasteiger partial charge is 0.220 e. The molecule has 0 aliphatic rings. The van der Waals surface area contributed by atoms with Crippen LogP contribution in [0.4, 0.5) is 0 Å². The molecule has 0 aromatic carbocycles. The Morgan fingerprint density at radius 1 is 0.571 bits per heavy atom. The third-order valence-corrected chi connectivity index (χ3v) is 7.02. The minimum Gasteiger partial charge on any atom is -0.356 e. The summed E-state index contributed by atoms with van der Waals surface area (Å²) in [6.07, 6.45) is 16.1. The standard InChI is InChI=1S/C22H44N2O2S2/c1-3-5-7-9-11-13-17-23-21(25)15-19-27-28-20-16-22(26)24-18-14-12-10-8-6-4-2/h3-20H2,1-2H3,(H,23,25)(H,24,26). The number of nitrogens with one attached hydrogen (secondary N) is 2. The lowest BCUT2D eigenvalue weighted by atomic mass is 10.1. The second kappa shape index (κ2) is 22.9. The Balaban J connectivity index is 3.28. The van der Waals surface area contributed by atoms with E-state index in [9.17, 15) is 9.59 Å². The molecule has 0 saturated carbocycles. The largest absolute Gasteiger partial charge is 0.356 e. The van der Waals surface area contributed by atoms with E-state index in [-0.39, 0.29) is 11.8 Å². The summed E-state index contributed by atoms with van der Waals surface area (Å²) in [5, 5.41) is 6.00. The summed E-state index contributed by atoms with van der Waals surface area (Å²) in [6.45, 7) is 6.06. The molecule has 0 aliphatic heterocycles. The molecule has 0 aromatic heterocycles. The first-order valence-electron chi connectivity index (χ1n) is 11.5. The minimum atomic E-state index is 0.151. The molecule has 0 spiro atoms. The van der Waals surface area contributed by atoms with Crippen molar-refractivity contribution < 1.29 is 9.59 Å². The summed E-state index contributed by atoms with van der Waals surface area (Å²) in [5.74, 6) is 1.93. The molecule has 0 unspecified atom stereocenters. The Hall–Kier alpha value is -0.360. The van der Waals surface area contributed by atoms with Crippen LogP contribution in [0.5, 0.6) is 0 Å². The first-order chi connectivity index (χ1) is 13.7. The van der Waals surface area contributed by atoms with Crippen molar-refractivity contribution in [2.45, 2.75) is 104 Å². The molecular weight excluding hydrogens is 388 g/mol.